The highest BCUT2D eigenvalue weighted by Gasteiger charge is 2.36. The topological polar surface area (TPSA) is 106 Å². The average molecular weight is 539 g/mol. The Balaban J connectivity index is 1.57. The zero-order chi connectivity index (χ0) is 27.9. The van der Waals surface area contributed by atoms with Crippen molar-refractivity contribution in [2.75, 3.05) is 11.9 Å². The third kappa shape index (κ3) is 5.17. The predicted molar refractivity (Wildman–Crippen MR) is 135 cm³/mol. The number of aryl methyl sites for hydroxylation is 1. The third-order valence-electron chi connectivity index (χ3n) is 6.44. The fourth-order valence-corrected chi connectivity index (χ4v) is 4.50. The molecule has 0 aliphatic carbocycles. The number of halogens is 4. The molecule has 0 saturated carbocycles. The summed E-state index contributed by atoms with van der Waals surface area (Å²) in [6.07, 6.45) is -3.01. The Morgan fingerprint density at radius 1 is 1.08 bits per heavy atom. The van der Waals surface area contributed by atoms with Gasteiger partial charge in [0.25, 0.3) is 5.91 Å². The van der Waals surface area contributed by atoms with Gasteiger partial charge in [0, 0.05) is 30.9 Å². The van der Waals surface area contributed by atoms with Gasteiger partial charge in [-0.15, -0.1) is 0 Å². The fraction of sp³-hybridized carbons (Fsp3) is 0.185. The molecule has 3 heterocycles. The Kier molecular flexibility index (Phi) is 6.54. The summed E-state index contributed by atoms with van der Waals surface area (Å²) in [7, 11) is 1.53. The summed E-state index contributed by atoms with van der Waals surface area (Å²) in [5.41, 5.74) is 5.71. The van der Waals surface area contributed by atoms with Gasteiger partial charge in [-0.05, 0) is 36.2 Å². The van der Waals surface area contributed by atoms with E-state index in [1.165, 1.54) is 28.9 Å². The van der Waals surface area contributed by atoms with Crippen LogP contribution in [-0.4, -0.2) is 38.1 Å². The van der Waals surface area contributed by atoms with Gasteiger partial charge in [-0.2, -0.15) is 18.3 Å². The second kappa shape index (κ2) is 9.86. The van der Waals surface area contributed by atoms with Crippen molar-refractivity contribution in [3.8, 4) is 22.5 Å². The highest BCUT2D eigenvalue weighted by molar-refractivity contribution is 6.07. The minimum absolute atomic E-state index is 0.0571. The average Bonchev–Trinajstić information content (AvgIpc) is 3.33. The molecule has 0 unspecified atom stereocenters. The number of aromatic nitrogens is 3. The number of nitrogens with zero attached hydrogens (tertiary/aromatic N) is 4. The number of rotatable bonds is 4. The van der Waals surface area contributed by atoms with Crippen molar-refractivity contribution in [3.63, 3.8) is 0 Å². The highest BCUT2D eigenvalue weighted by Crippen LogP contribution is 2.38. The normalized spacial score (nSPS) is 13.2. The second-order valence-corrected chi connectivity index (χ2v) is 9.07. The van der Waals surface area contributed by atoms with Crippen molar-refractivity contribution in [1.29, 1.82) is 0 Å². The Morgan fingerprint density at radius 3 is 2.46 bits per heavy atom. The van der Waals surface area contributed by atoms with Gasteiger partial charge in [-0.3, -0.25) is 9.48 Å². The molecule has 0 spiro atoms. The molecule has 5 rings (SSSR count). The van der Waals surface area contributed by atoms with Crippen LogP contribution in [0.25, 0.3) is 22.5 Å². The lowest BCUT2D eigenvalue weighted by atomic mass is 9.99. The van der Waals surface area contributed by atoms with Gasteiger partial charge >= 0.3 is 12.2 Å². The maximum Gasteiger partial charge on any atom is 0.417 e. The Labute approximate surface area is 220 Å². The largest absolute Gasteiger partial charge is 0.417 e. The van der Waals surface area contributed by atoms with Crippen molar-refractivity contribution >= 4 is 17.6 Å². The molecular weight excluding hydrogens is 516 g/mol. The maximum atomic E-state index is 15.0. The number of anilines is 1. The van der Waals surface area contributed by atoms with Crippen LogP contribution >= 0.6 is 0 Å². The van der Waals surface area contributed by atoms with Gasteiger partial charge in [0.2, 0.25) is 0 Å². The van der Waals surface area contributed by atoms with Crippen molar-refractivity contribution < 1.29 is 27.2 Å². The van der Waals surface area contributed by atoms with E-state index in [2.05, 4.69) is 15.4 Å². The fourth-order valence-electron chi connectivity index (χ4n) is 4.50. The summed E-state index contributed by atoms with van der Waals surface area (Å²) >= 11 is 0. The van der Waals surface area contributed by atoms with E-state index in [4.69, 9.17) is 5.73 Å². The molecule has 200 valence electrons. The van der Waals surface area contributed by atoms with Gasteiger partial charge in [0.1, 0.15) is 5.82 Å². The molecule has 3 N–H and O–H groups in total. The van der Waals surface area contributed by atoms with Crippen molar-refractivity contribution in [2.45, 2.75) is 19.1 Å². The van der Waals surface area contributed by atoms with E-state index >= 15 is 0 Å². The summed E-state index contributed by atoms with van der Waals surface area (Å²) in [5.74, 6) is -2.28. The minimum Gasteiger partial charge on any atom is -0.351 e. The molecule has 0 atom stereocenters. The predicted octanol–water partition coefficient (Wildman–Crippen LogP) is 5.00. The van der Waals surface area contributed by atoms with Crippen LogP contribution in [0.15, 0.2) is 60.8 Å². The van der Waals surface area contributed by atoms with Crippen LogP contribution in [-0.2, 0) is 26.2 Å². The standard InChI is InChI=1S/C27H22F4N6O2/c1-36-9-8-21(35-36)17-12-18(20(28)13-19(17)27(29,30)31)25(38)34-22-11-16-7-10-37(26(32)39)14-23(16)33-24(22)15-5-3-2-4-6-15/h2-6,8-9,11-13H,7,10,14H2,1H3,(H2,32,39)(H,34,38). The van der Waals surface area contributed by atoms with Gasteiger partial charge in [-0.1, -0.05) is 30.3 Å². The van der Waals surface area contributed by atoms with Crippen LogP contribution in [0.1, 0.15) is 27.2 Å². The first-order valence-corrected chi connectivity index (χ1v) is 11.9. The van der Waals surface area contributed by atoms with E-state index in [1.54, 1.807) is 36.4 Å². The second-order valence-electron chi connectivity index (χ2n) is 9.07. The first-order chi connectivity index (χ1) is 18.5. The smallest absolute Gasteiger partial charge is 0.351 e. The maximum absolute atomic E-state index is 15.0. The van der Waals surface area contributed by atoms with Crippen LogP contribution < -0.4 is 11.1 Å². The lowest BCUT2D eigenvalue weighted by molar-refractivity contribution is -0.137. The van der Waals surface area contributed by atoms with E-state index in [-0.39, 0.29) is 17.9 Å². The van der Waals surface area contributed by atoms with Gasteiger partial charge in [-0.25, -0.2) is 14.2 Å². The quantitative estimate of drug-likeness (QED) is 0.357. The van der Waals surface area contributed by atoms with E-state index in [9.17, 15) is 27.2 Å². The zero-order valence-electron chi connectivity index (χ0n) is 20.6. The number of pyridine rings is 1. The van der Waals surface area contributed by atoms with Gasteiger partial charge in [0.05, 0.1) is 40.4 Å². The number of nitrogens with two attached hydrogens (primary N) is 1. The molecule has 4 aromatic rings. The Hall–Kier alpha value is -4.74. The third-order valence-corrected chi connectivity index (χ3v) is 6.44. The summed E-state index contributed by atoms with van der Waals surface area (Å²) < 4.78 is 57.5. The molecule has 2 aromatic carbocycles. The summed E-state index contributed by atoms with van der Waals surface area (Å²) in [6.45, 7) is 0.531. The zero-order valence-corrected chi connectivity index (χ0v) is 20.6. The number of urea groups is 1. The molecule has 8 nitrogen and oxygen atoms in total. The molecule has 39 heavy (non-hydrogen) atoms. The van der Waals surface area contributed by atoms with Crippen LogP contribution in [0, 0.1) is 5.82 Å². The molecule has 0 fully saturated rings. The van der Waals surface area contributed by atoms with E-state index < -0.39 is 40.6 Å². The number of hydrogen-bond donors (Lipinski definition) is 2. The molecule has 12 heteroatoms. The van der Waals surface area contributed by atoms with Crippen LogP contribution in [0.5, 0.6) is 0 Å². The van der Waals surface area contributed by atoms with Crippen molar-refractivity contribution in [1.82, 2.24) is 19.7 Å². The number of hydrogen-bond acceptors (Lipinski definition) is 4. The highest BCUT2D eigenvalue weighted by atomic mass is 19.4. The van der Waals surface area contributed by atoms with E-state index in [0.717, 1.165) is 11.6 Å². The van der Waals surface area contributed by atoms with Gasteiger partial charge in [0.15, 0.2) is 0 Å². The van der Waals surface area contributed by atoms with Crippen molar-refractivity contribution in [2.24, 2.45) is 12.8 Å². The number of carbonyl (C=O) groups excluding carboxylic acids is 2. The number of benzene rings is 2. The number of alkyl halides is 3. The summed E-state index contributed by atoms with van der Waals surface area (Å²) in [4.78, 5) is 31.1. The molecule has 2 aromatic heterocycles. The van der Waals surface area contributed by atoms with E-state index in [0.29, 0.717) is 36.0 Å². The lowest BCUT2D eigenvalue weighted by Gasteiger charge is -2.27. The molecular formula is C27H22F4N6O2. The lowest BCUT2D eigenvalue weighted by Crippen LogP contribution is -2.40. The monoisotopic (exact) mass is 538 g/mol. The number of primary amides is 1. The van der Waals surface area contributed by atoms with E-state index in [1.807, 2.05) is 0 Å². The minimum atomic E-state index is -4.87. The first kappa shape index (κ1) is 25.9. The molecule has 1 aliphatic heterocycles. The molecule has 0 bridgehead atoms. The van der Waals surface area contributed by atoms with Crippen molar-refractivity contribution in [3.05, 3.63) is 89.0 Å². The number of nitrogens with one attached hydrogen (secondary N) is 1. The van der Waals surface area contributed by atoms with Crippen LogP contribution in [0.4, 0.5) is 28.0 Å². The Bertz CT molecular complexity index is 1580. The summed E-state index contributed by atoms with van der Waals surface area (Å²) in [5, 5.41) is 6.64. The summed E-state index contributed by atoms with van der Waals surface area (Å²) in [6, 6.07) is 12.5. The Morgan fingerprint density at radius 2 is 1.82 bits per heavy atom. The van der Waals surface area contributed by atoms with Crippen LogP contribution in [0.2, 0.25) is 0 Å². The number of fused-ring (bicyclic) bond motifs is 1. The molecule has 1 aliphatic rings. The molecule has 0 saturated heterocycles. The first-order valence-electron chi connectivity index (χ1n) is 11.9. The number of amides is 3. The van der Waals surface area contributed by atoms with Crippen LogP contribution in [0.3, 0.4) is 0 Å². The molecule has 0 radical (unpaired) electrons. The van der Waals surface area contributed by atoms with Gasteiger partial charge < -0.3 is 16.0 Å². The molecule has 3 amide bonds. The SMILES string of the molecule is Cn1ccc(-c2cc(C(=O)Nc3cc4c(nc3-c3ccccc3)CN(C(N)=O)CC4)c(F)cc2C(F)(F)F)n1. The number of carbonyl (C=O) groups is 2.